The molecule has 4 rings (SSSR count). The van der Waals surface area contributed by atoms with E-state index in [9.17, 15) is 18.0 Å². The van der Waals surface area contributed by atoms with Gasteiger partial charge in [-0.2, -0.15) is 13.2 Å². The highest BCUT2D eigenvalue weighted by atomic mass is 19.4. The molecule has 2 atom stereocenters. The highest BCUT2D eigenvalue weighted by Crippen LogP contribution is 2.40. The molecule has 4 nitrogen and oxygen atoms in total. The summed E-state index contributed by atoms with van der Waals surface area (Å²) in [6, 6.07) is 10.9. The van der Waals surface area contributed by atoms with Gasteiger partial charge >= 0.3 is 12.2 Å². The number of benzene rings is 1. The largest absolute Gasteiger partial charge is 0.391 e. The predicted molar refractivity (Wildman–Crippen MR) is 96.4 cm³/mol. The first kappa shape index (κ1) is 18.6. The number of carbonyl (C=O) groups is 1. The molecule has 27 heavy (non-hydrogen) atoms. The van der Waals surface area contributed by atoms with E-state index in [0.717, 1.165) is 13.0 Å². The van der Waals surface area contributed by atoms with Crippen LogP contribution in [0.5, 0.6) is 0 Å². The van der Waals surface area contributed by atoms with E-state index in [1.54, 1.807) is 9.80 Å². The van der Waals surface area contributed by atoms with Gasteiger partial charge in [0.05, 0.1) is 5.92 Å². The number of rotatable bonds is 4. The van der Waals surface area contributed by atoms with Crippen molar-refractivity contribution in [3.05, 3.63) is 35.9 Å². The smallest absolute Gasteiger partial charge is 0.325 e. The van der Waals surface area contributed by atoms with Crippen LogP contribution in [0.2, 0.25) is 0 Å². The number of likely N-dealkylation sites (tertiary alicyclic amines) is 2. The molecule has 2 amide bonds. The summed E-state index contributed by atoms with van der Waals surface area (Å²) in [5, 5.41) is 3.59. The van der Waals surface area contributed by atoms with Crippen molar-refractivity contribution in [2.75, 3.05) is 32.7 Å². The summed E-state index contributed by atoms with van der Waals surface area (Å²) in [5.74, 6) is -0.219. The quantitative estimate of drug-likeness (QED) is 0.867. The van der Waals surface area contributed by atoms with E-state index in [0.29, 0.717) is 31.0 Å². The number of piperidine rings is 1. The van der Waals surface area contributed by atoms with E-state index in [4.69, 9.17) is 0 Å². The van der Waals surface area contributed by atoms with E-state index in [1.165, 1.54) is 5.56 Å². The molecule has 1 saturated carbocycles. The van der Waals surface area contributed by atoms with Gasteiger partial charge in [0.25, 0.3) is 0 Å². The van der Waals surface area contributed by atoms with Crippen LogP contribution in [0.15, 0.2) is 30.3 Å². The predicted octanol–water partition coefficient (Wildman–Crippen LogP) is 3.46. The molecule has 0 bridgehead atoms. The van der Waals surface area contributed by atoms with Gasteiger partial charge in [0.1, 0.15) is 0 Å². The first-order valence-electron chi connectivity index (χ1n) is 9.80. The van der Waals surface area contributed by atoms with Gasteiger partial charge in [-0.25, -0.2) is 4.79 Å². The molecule has 0 spiro atoms. The summed E-state index contributed by atoms with van der Waals surface area (Å²) >= 11 is 0. The number of alkyl halides is 3. The fraction of sp³-hybridized carbons (Fsp3) is 0.650. The fourth-order valence-electron chi connectivity index (χ4n) is 4.26. The molecule has 2 saturated heterocycles. The van der Waals surface area contributed by atoms with Crippen LogP contribution >= 0.6 is 0 Å². The number of amides is 2. The molecule has 1 aromatic rings. The van der Waals surface area contributed by atoms with E-state index in [-0.39, 0.29) is 32.0 Å². The van der Waals surface area contributed by atoms with Gasteiger partial charge in [-0.1, -0.05) is 30.3 Å². The number of urea groups is 1. The summed E-state index contributed by atoms with van der Waals surface area (Å²) in [7, 11) is 0. The standard InChI is InChI=1S/C20H26F3N3O/c21-20(22,23)16-6-8-25(9-7-16)19(27)26-12-14(13-26)11-24-18-10-17(18)15-4-2-1-3-5-15/h1-5,14,16-18,24H,6-13H2/t17-,18+/m0/s1. The lowest BCUT2D eigenvalue weighted by Crippen LogP contribution is -2.58. The third-order valence-corrected chi connectivity index (χ3v) is 6.14. The number of hydrogen-bond donors (Lipinski definition) is 1. The molecule has 3 fully saturated rings. The molecule has 0 aromatic heterocycles. The number of nitrogens with zero attached hydrogens (tertiary/aromatic N) is 2. The van der Waals surface area contributed by atoms with Crippen molar-refractivity contribution >= 4 is 6.03 Å². The molecular weight excluding hydrogens is 355 g/mol. The van der Waals surface area contributed by atoms with Crippen LogP contribution in [-0.4, -0.2) is 60.8 Å². The van der Waals surface area contributed by atoms with Crippen LogP contribution in [0.4, 0.5) is 18.0 Å². The van der Waals surface area contributed by atoms with Crippen LogP contribution < -0.4 is 5.32 Å². The minimum atomic E-state index is -4.14. The molecule has 3 aliphatic rings. The second kappa shape index (κ2) is 7.34. The SMILES string of the molecule is O=C(N1CCC(C(F)(F)F)CC1)N1CC(CN[C@@H]2C[C@H]2c2ccccc2)C1. The van der Waals surface area contributed by atoms with E-state index in [2.05, 4.69) is 29.6 Å². The number of nitrogens with one attached hydrogen (secondary N) is 1. The maximum Gasteiger partial charge on any atom is 0.391 e. The van der Waals surface area contributed by atoms with Gasteiger partial charge in [-0.15, -0.1) is 0 Å². The van der Waals surface area contributed by atoms with Gasteiger partial charge in [-0.05, 0) is 24.8 Å². The summed E-state index contributed by atoms with van der Waals surface area (Å²) in [4.78, 5) is 15.8. The molecule has 2 aliphatic heterocycles. The van der Waals surface area contributed by atoms with E-state index >= 15 is 0 Å². The second-order valence-electron chi connectivity index (χ2n) is 8.12. The monoisotopic (exact) mass is 381 g/mol. The Kier molecular flexibility index (Phi) is 5.05. The molecular formula is C20H26F3N3O. The Morgan fingerprint density at radius 2 is 1.74 bits per heavy atom. The van der Waals surface area contributed by atoms with Gasteiger partial charge in [0.15, 0.2) is 0 Å². The zero-order valence-electron chi connectivity index (χ0n) is 15.3. The van der Waals surface area contributed by atoms with Crippen molar-refractivity contribution in [2.24, 2.45) is 11.8 Å². The first-order chi connectivity index (χ1) is 12.9. The lowest BCUT2D eigenvalue weighted by atomic mass is 9.96. The normalized spacial score (nSPS) is 26.8. The average Bonchev–Trinajstić information content (AvgIpc) is 3.40. The van der Waals surface area contributed by atoms with Crippen molar-refractivity contribution in [1.82, 2.24) is 15.1 Å². The minimum absolute atomic E-state index is 0.0244. The van der Waals surface area contributed by atoms with E-state index < -0.39 is 12.1 Å². The molecule has 1 aliphatic carbocycles. The minimum Gasteiger partial charge on any atom is -0.325 e. The molecule has 0 radical (unpaired) electrons. The van der Waals surface area contributed by atoms with Gasteiger partial charge < -0.3 is 15.1 Å². The lowest BCUT2D eigenvalue weighted by Gasteiger charge is -2.43. The lowest BCUT2D eigenvalue weighted by molar-refractivity contribution is -0.183. The average molecular weight is 381 g/mol. The highest BCUT2D eigenvalue weighted by Gasteiger charge is 2.43. The van der Waals surface area contributed by atoms with Crippen LogP contribution in [0, 0.1) is 11.8 Å². The van der Waals surface area contributed by atoms with Gasteiger partial charge in [0, 0.05) is 50.6 Å². The first-order valence-corrected chi connectivity index (χ1v) is 9.80. The van der Waals surface area contributed by atoms with Crippen molar-refractivity contribution in [3.8, 4) is 0 Å². The van der Waals surface area contributed by atoms with E-state index in [1.807, 2.05) is 6.07 Å². The molecule has 0 unspecified atom stereocenters. The molecule has 7 heteroatoms. The second-order valence-corrected chi connectivity index (χ2v) is 8.12. The Labute approximate surface area is 157 Å². The summed E-state index contributed by atoms with van der Waals surface area (Å²) < 4.78 is 38.2. The number of halogens is 3. The van der Waals surface area contributed by atoms with Crippen molar-refractivity contribution < 1.29 is 18.0 Å². The zero-order chi connectivity index (χ0) is 19.0. The topological polar surface area (TPSA) is 35.6 Å². The van der Waals surface area contributed by atoms with Crippen LogP contribution in [0.3, 0.4) is 0 Å². The highest BCUT2D eigenvalue weighted by molar-refractivity contribution is 5.75. The Morgan fingerprint density at radius 1 is 1.07 bits per heavy atom. The fourth-order valence-corrected chi connectivity index (χ4v) is 4.26. The maximum atomic E-state index is 12.7. The molecule has 2 heterocycles. The van der Waals surface area contributed by atoms with Crippen molar-refractivity contribution in [3.63, 3.8) is 0 Å². The molecule has 1 aromatic carbocycles. The number of carbonyl (C=O) groups excluding carboxylic acids is 1. The summed E-state index contributed by atoms with van der Waals surface area (Å²) in [6.07, 6.45) is -2.93. The third kappa shape index (κ3) is 4.23. The Balaban J connectivity index is 1.14. The Hall–Kier alpha value is -1.76. The van der Waals surface area contributed by atoms with Crippen LogP contribution in [0.25, 0.3) is 0 Å². The Morgan fingerprint density at radius 3 is 2.37 bits per heavy atom. The van der Waals surface area contributed by atoms with Crippen LogP contribution in [0.1, 0.15) is 30.7 Å². The van der Waals surface area contributed by atoms with Crippen LogP contribution in [-0.2, 0) is 0 Å². The molecule has 1 N–H and O–H groups in total. The van der Waals surface area contributed by atoms with Gasteiger partial charge in [-0.3, -0.25) is 0 Å². The number of hydrogen-bond acceptors (Lipinski definition) is 2. The molecule has 148 valence electrons. The maximum absolute atomic E-state index is 12.7. The summed E-state index contributed by atoms with van der Waals surface area (Å²) in [5.41, 5.74) is 1.38. The third-order valence-electron chi connectivity index (χ3n) is 6.14. The Bertz CT molecular complexity index is 652. The van der Waals surface area contributed by atoms with Gasteiger partial charge in [0.2, 0.25) is 0 Å². The zero-order valence-corrected chi connectivity index (χ0v) is 15.3. The van der Waals surface area contributed by atoms with Crippen molar-refractivity contribution in [2.45, 2.75) is 37.4 Å². The summed E-state index contributed by atoms with van der Waals surface area (Å²) in [6.45, 7) is 2.72. The van der Waals surface area contributed by atoms with Crippen molar-refractivity contribution in [1.29, 1.82) is 0 Å².